The van der Waals surface area contributed by atoms with E-state index in [4.69, 9.17) is 0 Å². The van der Waals surface area contributed by atoms with E-state index in [1.807, 2.05) is 23.7 Å². The molecule has 0 atom stereocenters. The van der Waals surface area contributed by atoms with Gasteiger partial charge in [-0.2, -0.15) is 5.10 Å². The van der Waals surface area contributed by atoms with Gasteiger partial charge in [0.25, 0.3) is 0 Å². The van der Waals surface area contributed by atoms with Crippen LogP contribution in [0.3, 0.4) is 0 Å². The van der Waals surface area contributed by atoms with E-state index in [9.17, 15) is 0 Å². The summed E-state index contributed by atoms with van der Waals surface area (Å²) in [6.45, 7) is 1.92. The maximum absolute atomic E-state index is 4.61. The van der Waals surface area contributed by atoms with E-state index in [1.165, 1.54) is 12.8 Å². The van der Waals surface area contributed by atoms with E-state index in [-0.39, 0.29) is 0 Å². The highest BCUT2D eigenvalue weighted by molar-refractivity contribution is 5.55. The topological polar surface area (TPSA) is 48.5 Å². The Morgan fingerprint density at radius 1 is 1.15 bits per heavy atom. The number of nitrogens with zero attached hydrogens (tertiary/aromatic N) is 5. The fourth-order valence-electron chi connectivity index (χ4n) is 2.50. The molecule has 0 N–H and O–H groups in total. The second-order valence-electron chi connectivity index (χ2n) is 5.13. The Morgan fingerprint density at radius 2 is 1.95 bits per heavy atom. The smallest absolute Gasteiger partial charge is 0.179 e. The van der Waals surface area contributed by atoms with Crippen molar-refractivity contribution in [2.45, 2.75) is 25.8 Å². The van der Waals surface area contributed by atoms with E-state index >= 15 is 0 Å². The van der Waals surface area contributed by atoms with Crippen molar-refractivity contribution >= 4 is 0 Å². The summed E-state index contributed by atoms with van der Waals surface area (Å²) in [6.07, 6.45) is 8.19. The molecular weight excluding hydrogens is 250 g/mol. The lowest BCUT2D eigenvalue weighted by molar-refractivity contribution is 0.744. The molecule has 5 heteroatoms. The number of pyridine rings is 1. The van der Waals surface area contributed by atoms with Crippen LogP contribution in [0, 0.1) is 6.92 Å². The van der Waals surface area contributed by atoms with E-state index < -0.39 is 0 Å². The minimum Gasteiger partial charge on any atom is -0.342 e. The molecular formula is C15H15N5. The Labute approximate surface area is 116 Å². The molecule has 0 unspecified atom stereocenters. The summed E-state index contributed by atoms with van der Waals surface area (Å²) in [5, 5.41) is 4.52. The van der Waals surface area contributed by atoms with Gasteiger partial charge < -0.3 is 4.57 Å². The summed E-state index contributed by atoms with van der Waals surface area (Å²) in [7, 11) is 0. The first kappa shape index (κ1) is 11.4. The Bertz CT molecular complexity index is 737. The highest BCUT2D eigenvalue weighted by Gasteiger charge is 2.26. The van der Waals surface area contributed by atoms with Crippen LogP contribution in [0.5, 0.6) is 0 Å². The summed E-state index contributed by atoms with van der Waals surface area (Å²) < 4.78 is 4.20. The first-order valence-corrected chi connectivity index (χ1v) is 6.84. The molecule has 0 aliphatic heterocycles. The van der Waals surface area contributed by atoms with Crippen LogP contribution in [0.4, 0.5) is 0 Å². The first-order chi connectivity index (χ1) is 9.83. The van der Waals surface area contributed by atoms with Crippen LogP contribution in [0.15, 0.2) is 42.9 Å². The number of hydrogen-bond donors (Lipinski definition) is 0. The molecule has 0 aromatic carbocycles. The third kappa shape index (κ3) is 1.82. The van der Waals surface area contributed by atoms with Gasteiger partial charge in [0.05, 0.1) is 11.4 Å². The lowest BCUT2D eigenvalue weighted by Crippen LogP contribution is -2.03. The molecule has 100 valence electrons. The molecule has 3 heterocycles. The van der Waals surface area contributed by atoms with E-state index in [0.717, 1.165) is 23.0 Å². The van der Waals surface area contributed by atoms with Crippen LogP contribution in [0.2, 0.25) is 0 Å². The predicted molar refractivity (Wildman–Crippen MR) is 75.6 cm³/mol. The van der Waals surface area contributed by atoms with E-state index in [0.29, 0.717) is 6.04 Å². The Balaban J connectivity index is 1.88. The van der Waals surface area contributed by atoms with Crippen LogP contribution >= 0.6 is 0 Å². The van der Waals surface area contributed by atoms with Crippen LogP contribution < -0.4 is 0 Å². The average molecular weight is 265 g/mol. The zero-order valence-electron chi connectivity index (χ0n) is 11.3. The molecule has 0 spiro atoms. The van der Waals surface area contributed by atoms with E-state index in [1.54, 1.807) is 12.4 Å². The first-order valence-electron chi connectivity index (χ1n) is 6.84. The largest absolute Gasteiger partial charge is 0.342 e. The van der Waals surface area contributed by atoms with Crippen molar-refractivity contribution in [3.63, 3.8) is 0 Å². The van der Waals surface area contributed by atoms with Gasteiger partial charge in [-0.05, 0) is 44.0 Å². The maximum Gasteiger partial charge on any atom is 0.179 e. The third-order valence-electron chi connectivity index (χ3n) is 3.57. The Kier molecular flexibility index (Phi) is 2.45. The lowest BCUT2D eigenvalue weighted by atomic mass is 10.3. The number of hydrogen-bond acceptors (Lipinski definition) is 3. The van der Waals surface area contributed by atoms with Gasteiger partial charge in [-0.1, -0.05) is 0 Å². The van der Waals surface area contributed by atoms with Gasteiger partial charge in [0.1, 0.15) is 5.82 Å². The average Bonchev–Trinajstić information content (AvgIpc) is 3.07. The van der Waals surface area contributed by atoms with Gasteiger partial charge in [-0.25, -0.2) is 9.67 Å². The quantitative estimate of drug-likeness (QED) is 0.731. The Morgan fingerprint density at radius 3 is 2.70 bits per heavy atom. The fraction of sp³-hybridized carbons (Fsp3) is 0.267. The SMILES string of the molecule is Cc1nc(-c2cccn2C2CC2)n(-c2ccncc2)n1. The highest BCUT2D eigenvalue weighted by Crippen LogP contribution is 2.38. The van der Waals surface area contributed by atoms with Crippen molar-refractivity contribution in [3.05, 3.63) is 48.7 Å². The molecule has 1 saturated carbocycles. The van der Waals surface area contributed by atoms with Crippen molar-refractivity contribution in [1.29, 1.82) is 0 Å². The summed E-state index contributed by atoms with van der Waals surface area (Å²) in [5.41, 5.74) is 2.11. The molecule has 1 aliphatic rings. The summed E-state index contributed by atoms with van der Waals surface area (Å²) in [4.78, 5) is 8.67. The normalized spacial score (nSPS) is 14.7. The number of aryl methyl sites for hydroxylation is 1. The van der Waals surface area contributed by atoms with Crippen molar-refractivity contribution in [2.24, 2.45) is 0 Å². The molecule has 0 bridgehead atoms. The van der Waals surface area contributed by atoms with Crippen LogP contribution in [-0.4, -0.2) is 24.3 Å². The minimum absolute atomic E-state index is 0.628. The standard InChI is InChI=1S/C15H15N5/c1-11-17-15(14-3-2-10-19(14)12-4-5-12)20(18-11)13-6-8-16-9-7-13/h2-3,6-10,12H,4-5H2,1H3. The van der Waals surface area contributed by atoms with Gasteiger partial charge in [-0.15, -0.1) is 0 Å². The third-order valence-corrected chi connectivity index (χ3v) is 3.57. The zero-order valence-corrected chi connectivity index (χ0v) is 11.3. The summed E-state index contributed by atoms with van der Waals surface area (Å²) in [6, 6.07) is 8.71. The molecule has 1 aliphatic carbocycles. The summed E-state index contributed by atoms with van der Waals surface area (Å²) >= 11 is 0. The Hall–Kier alpha value is -2.43. The van der Waals surface area contributed by atoms with Crippen molar-refractivity contribution < 1.29 is 0 Å². The minimum atomic E-state index is 0.628. The van der Waals surface area contributed by atoms with Gasteiger partial charge in [0, 0.05) is 24.6 Å². The number of aromatic nitrogens is 5. The molecule has 0 amide bonds. The molecule has 0 radical (unpaired) electrons. The van der Waals surface area contributed by atoms with Crippen molar-refractivity contribution in [1.82, 2.24) is 24.3 Å². The van der Waals surface area contributed by atoms with Crippen LogP contribution in [0.1, 0.15) is 24.7 Å². The number of rotatable bonds is 3. The van der Waals surface area contributed by atoms with Crippen LogP contribution in [-0.2, 0) is 0 Å². The summed E-state index contributed by atoms with van der Waals surface area (Å²) in [5.74, 6) is 1.67. The molecule has 0 saturated heterocycles. The predicted octanol–water partition coefficient (Wildman–Crippen LogP) is 2.77. The second kappa shape index (κ2) is 4.30. The van der Waals surface area contributed by atoms with Gasteiger partial charge in [0.15, 0.2) is 5.82 Å². The molecule has 3 aromatic rings. The molecule has 20 heavy (non-hydrogen) atoms. The van der Waals surface area contributed by atoms with Gasteiger partial charge >= 0.3 is 0 Å². The fourth-order valence-corrected chi connectivity index (χ4v) is 2.50. The van der Waals surface area contributed by atoms with Crippen molar-refractivity contribution in [3.8, 4) is 17.2 Å². The maximum atomic E-state index is 4.61. The lowest BCUT2D eigenvalue weighted by Gasteiger charge is -2.09. The van der Waals surface area contributed by atoms with E-state index in [2.05, 4.69) is 38.0 Å². The van der Waals surface area contributed by atoms with Crippen LogP contribution in [0.25, 0.3) is 17.2 Å². The molecule has 1 fully saturated rings. The van der Waals surface area contributed by atoms with Crippen molar-refractivity contribution in [2.75, 3.05) is 0 Å². The molecule has 5 nitrogen and oxygen atoms in total. The molecule has 3 aromatic heterocycles. The zero-order chi connectivity index (χ0) is 13.5. The molecule has 4 rings (SSSR count). The van der Waals surface area contributed by atoms with Gasteiger partial charge in [-0.3, -0.25) is 4.98 Å². The monoisotopic (exact) mass is 265 g/mol. The second-order valence-corrected chi connectivity index (χ2v) is 5.13. The van der Waals surface area contributed by atoms with Gasteiger partial charge in [0.2, 0.25) is 0 Å². The highest BCUT2D eigenvalue weighted by atomic mass is 15.4.